The second-order valence-corrected chi connectivity index (χ2v) is 6.25. The summed E-state index contributed by atoms with van der Waals surface area (Å²) in [5, 5.41) is 0.811. The van der Waals surface area contributed by atoms with Gasteiger partial charge in [-0.2, -0.15) is 0 Å². The van der Waals surface area contributed by atoms with Crippen LogP contribution < -0.4 is 16.8 Å². The van der Waals surface area contributed by atoms with Crippen molar-refractivity contribution in [2.75, 3.05) is 0 Å². The highest BCUT2D eigenvalue weighted by molar-refractivity contribution is 6.50. The summed E-state index contributed by atoms with van der Waals surface area (Å²) in [6, 6.07) is 4.72. The van der Waals surface area contributed by atoms with E-state index in [1.807, 2.05) is 0 Å². The molecule has 0 saturated carbocycles. The van der Waals surface area contributed by atoms with Gasteiger partial charge in [0.1, 0.15) is 0 Å². The van der Waals surface area contributed by atoms with Crippen molar-refractivity contribution in [2.24, 2.45) is 14.1 Å². The third-order valence-corrected chi connectivity index (χ3v) is 4.17. The lowest BCUT2D eigenvalue weighted by Gasteiger charge is -2.05. The van der Waals surface area contributed by atoms with Gasteiger partial charge in [0.2, 0.25) is 0 Å². The monoisotopic (exact) mass is 378 g/mol. The molecule has 0 atom stereocenters. The number of H-pyrrole nitrogens is 1. The average molecular weight is 379 g/mol. The Hall–Kier alpha value is -2.64. The molecular weight excluding hydrogens is 367 g/mol. The molecule has 2 aromatic heterocycles. The Bertz CT molecular complexity index is 1200. The number of halogens is 2. The first-order chi connectivity index (χ1) is 11.8. The van der Waals surface area contributed by atoms with Crippen LogP contribution >= 0.6 is 23.2 Å². The van der Waals surface area contributed by atoms with E-state index in [-0.39, 0.29) is 16.4 Å². The Morgan fingerprint density at radius 3 is 2.68 bits per heavy atom. The Kier molecular flexibility index (Phi) is 4.36. The number of benzene rings is 1. The molecule has 2 heterocycles. The topological polar surface area (TPSA) is 89.8 Å². The van der Waals surface area contributed by atoms with Crippen LogP contribution in [0.5, 0.6) is 0 Å². The molecule has 0 unspecified atom stereocenters. The van der Waals surface area contributed by atoms with E-state index in [0.29, 0.717) is 15.9 Å². The van der Waals surface area contributed by atoms with Crippen molar-refractivity contribution < 1.29 is 0 Å². The van der Waals surface area contributed by atoms with Crippen molar-refractivity contribution in [2.45, 2.75) is 0 Å². The summed E-state index contributed by atoms with van der Waals surface area (Å²) in [5.74, 6) is 0.109. The van der Waals surface area contributed by atoms with Crippen LogP contribution in [0.4, 0.5) is 0 Å². The number of aromatic nitrogens is 4. The summed E-state index contributed by atoms with van der Waals surface area (Å²) in [6.07, 6.45) is 2.72. The summed E-state index contributed by atoms with van der Waals surface area (Å²) in [7, 11) is 2.89. The van der Waals surface area contributed by atoms with Crippen molar-refractivity contribution in [1.82, 2.24) is 19.1 Å². The molecule has 1 N–H and O–H groups in total. The minimum atomic E-state index is -0.504. The van der Waals surface area contributed by atoms with Crippen molar-refractivity contribution in [3.8, 4) is 0 Å². The summed E-state index contributed by atoms with van der Waals surface area (Å²) in [4.78, 5) is 42.9. The molecule has 0 bridgehead atoms. The summed E-state index contributed by atoms with van der Waals surface area (Å²) >= 11 is 12.1. The van der Waals surface area contributed by atoms with Crippen LogP contribution in [0.15, 0.2) is 38.8 Å². The normalized spacial score (nSPS) is 11.9. The molecule has 128 valence electrons. The average Bonchev–Trinajstić information content (AvgIpc) is 2.58. The lowest BCUT2D eigenvalue weighted by molar-refractivity contribution is 0.683. The second-order valence-electron chi connectivity index (χ2n) is 5.41. The van der Waals surface area contributed by atoms with Gasteiger partial charge < -0.3 is 9.55 Å². The number of nitrogens with one attached hydrogen (secondary N) is 1. The van der Waals surface area contributed by atoms with Gasteiger partial charge in [0.25, 0.3) is 11.1 Å². The molecule has 0 saturated heterocycles. The molecule has 7 nitrogen and oxygen atoms in total. The predicted molar refractivity (Wildman–Crippen MR) is 98.0 cm³/mol. The van der Waals surface area contributed by atoms with E-state index in [1.54, 1.807) is 12.1 Å². The van der Waals surface area contributed by atoms with E-state index >= 15 is 0 Å². The quantitative estimate of drug-likeness (QED) is 0.734. The van der Waals surface area contributed by atoms with Gasteiger partial charge >= 0.3 is 5.69 Å². The third kappa shape index (κ3) is 3.16. The van der Waals surface area contributed by atoms with E-state index in [1.165, 1.54) is 37.0 Å². The van der Waals surface area contributed by atoms with Crippen LogP contribution in [0.3, 0.4) is 0 Å². The molecule has 0 aliphatic carbocycles. The fourth-order valence-corrected chi connectivity index (χ4v) is 2.74. The first-order valence-corrected chi connectivity index (χ1v) is 7.87. The van der Waals surface area contributed by atoms with Crippen LogP contribution in [0.2, 0.25) is 5.02 Å². The minimum Gasteiger partial charge on any atom is -0.305 e. The fraction of sp³-hybridized carbons (Fsp3) is 0.125. The third-order valence-electron chi connectivity index (χ3n) is 3.65. The smallest absolute Gasteiger partial charge is 0.305 e. The number of hydrogen-bond donors (Lipinski definition) is 1. The van der Waals surface area contributed by atoms with Crippen molar-refractivity contribution in [3.63, 3.8) is 0 Å². The highest BCUT2D eigenvalue weighted by Crippen LogP contribution is 2.20. The highest BCUT2D eigenvalue weighted by atomic mass is 35.5. The maximum absolute atomic E-state index is 12.2. The Morgan fingerprint density at radius 2 is 1.96 bits per heavy atom. The molecule has 1 aromatic carbocycles. The van der Waals surface area contributed by atoms with Gasteiger partial charge in [0, 0.05) is 25.3 Å². The zero-order chi connectivity index (χ0) is 18.3. The molecular formula is C16H12Cl2N4O3. The Morgan fingerprint density at radius 1 is 1.24 bits per heavy atom. The number of hydrogen-bond acceptors (Lipinski definition) is 4. The van der Waals surface area contributed by atoms with Gasteiger partial charge in [0.15, 0.2) is 5.82 Å². The number of rotatable bonds is 2. The highest BCUT2D eigenvalue weighted by Gasteiger charge is 2.10. The molecule has 0 aliphatic rings. The predicted octanol–water partition coefficient (Wildman–Crippen LogP) is 1.71. The van der Waals surface area contributed by atoms with E-state index in [9.17, 15) is 14.4 Å². The maximum Gasteiger partial charge on any atom is 0.330 e. The molecule has 0 radical (unpaired) electrons. The second kappa shape index (κ2) is 6.34. The van der Waals surface area contributed by atoms with Crippen LogP contribution in [0, 0.1) is 0 Å². The van der Waals surface area contributed by atoms with Gasteiger partial charge in [-0.3, -0.25) is 14.2 Å². The van der Waals surface area contributed by atoms with Crippen LogP contribution in [0.25, 0.3) is 22.0 Å². The zero-order valence-electron chi connectivity index (χ0n) is 13.2. The number of aromatic amines is 1. The van der Waals surface area contributed by atoms with Gasteiger partial charge in [-0.15, -0.1) is 0 Å². The van der Waals surface area contributed by atoms with E-state index in [0.717, 1.165) is 4.57 Å². The summed E-state index contributed by atoms with van der Waals surface area (Å²) < 4.78 is 2.23. The van der Waals surface area contributed by atoms with Gasteiger partial charge in [-0.05, 0) is 24.3 Å². The molecule has 0 spiro atoms. The zero-order valence-corrected chi connectivity index (χ0v) is 14.7. The first-order valence-electron chi connectivity index (χ1n) is 7.12. The molecule has 0 aliphatic heterocycles. The van der Waals surface area contributed by atoms with Crippen LogP contribution in [-0.2, 0) is 14.1 Å². The standard InChI is InChI=1S/C16H12Cl2N4O3/c1-21-7-8(15(24)22(2)16(21)25)5-11(18)13-19-12-4-3-9(17)6-10(12)14(23)20-13/h3-7H,1-2H3,(H,19,20,23)/b11-5-. The largest absolute Gasteiger partial charge is 0.330 e. The molecule has 3 aromatic rings. The minimum absolute atomic E-state index is 0.0599. The maximum atomic E-state index is 12.2. The lowest BCUT2D eigenvalue weighted by atomic mass is 10.2. The van der Waals surface area contributed by atoms with Crippen molar-refractivity contribution in [3.05, 3.63) is 72.0 Å². The van der Waals surface area contributed by atoms with Crippen LogP contribution in [0.1, 0.15) is 11.4 Å². The number of fused-ring (bicyclic) bond motifs is 1. The molecule has 25 heavy (non-hydrogen) atoms. The molecule has 3 rings (SSSR count). The summed E-state index contributed by atoms with van der Waals surface area (Å²) in [5.41, 5.74) is -0.748. The Labute approximate surface area is 150 Å². The first kappa shape index (κ1) is 17.2. The van der Waals surface area contributed by atoms with E-state index < -0.39 is 16.8 Å². The SMILES string of the molecule is Cn1cc(/C=C(\Cl)c2nc3ccc(Cl)cc3c(=O)[nH]2)c(=O)n(C)c1=O. The Balaban J connectivity index is 2.18. The van der Waals surface area contributed by atoms with E-state index in [4.69, 9.17) is 23.2 Å². The lowest BCUT2D eigenvalue weighted by Crippen LogP contribution is -2.37. The summed E-state index contributed by atoms with van der Waals surface area (Å²) in [6.45, 7) is 0. The van der Waals surface area contributed by atoms with Crippen LogP contribution in [-0.4, -0.2) is 19.1 Å². The van der Waals surface area contributed by atoms with Gasteiger partial charge in [-0.1, -0.05) is 23.2 Å². The van der Waals surface area contributed by atoms with Crippen molar-refractivity contribution in [1.29, 1.82) is 0 Å². The fourth-order valence-electron chi connectivity index (χ4n) is 2.36. The molecule has 0 fully saturated rings. The molecule has 9 heteroatoms. The number of aryl methyl sites for hydroxylation is 1. The van der Waals surface area contributed by atoms with Gasteiger partial charge in [0.05, 0.1) is 21.5 Å². The number of nitrogens with zero attached hydrogens (tertiary/aromatic N) is 3. The van der Waals surface area contributed by atoms with E-state index in [2.05, 4.69) is 9.97 Å². The van der Waals surface area contributed by atoms with Crippen molar-refractivity contribution >= 4 is 45.2 Å². The van der Waals surface area contributed by atoms with Gasteiger partial charge in [-0.25, -0.2) is 9.78 Å². The molecule has 0 amide bonds.